The summed E-state index contributed by atoms with van der Waals surface area (Å²) in [5, 5.41) is 0. The Morgan fingerprint density at radius 3 is 2.54 bits per heavy atom. The van der Waals surface area contributed by atoms with Gasteiger partial charge in [-0.3, -0.25) is 9.59 Å². The highest BCUT2D eigenvalue weighted by Gasteiger charge is 2.34. The van der Waals surface area contributed by atoms with Crippen molar-refractivity contribution in [3.8, 4) is 0 Å². The number of hydrogen-bond donors (Lipinski definition) is 0. The number of hydrogen-bond acceptors (Lipinski definition) is 3. The molecule has 0 spiro atoms. The molecule has 0 unspecified atom stereocenters. The van der Waals surface area contributed by atoms with E-state index in [1.54, 1.807) is 11.0 Å². The number of carbonyl (C=O) groups excluding carboxylic acids is 2. The Labute approximate surface area is 142 Å². The minimum atomic E-state index is -0.329. The predicted octanol–water partition coefficient (Wildman–Crippen LogP) is 1.94. The number of nitrogens with zero attached hydrogens (tertiary/aromatic N) is 2. The molecule has 2 amide bonds. The molecular formula is C19H24N2O3. The van der Waals surface area contributed by atoms with Gasteiger partial charge in [-0.1, -0.05) is 30.3 Å². The summed E-state index contributed by atoms with van der Waals surface area (Å²) in [4.78, 5) is 29.0. The van der Waals surface area contributed by atoms with Crippen molar-refractivity contribution in [3.63, 3.8) is 0 Å². The second-order valence-electron chi connectivity index (χ2n) is 6.22. The maximum Gasteiger partial charge on any atom is 0.247 e. The molecule has 1 aromatic carbocycles. The van der Waals surface area contributed by atoms with Crippen LogP contribution in [0.15, 0.2) is 36.4 Å². The van der Waals surface area contributed by atoms with E-state index in [0.29, 0.717) is 32.8 Å². The van der Waals surface area contributed by atoms with Gasteiger partial charge in [0.25, 0.3) is 0 Å². The first-order valence-corrected chi connectivity index (χ1v) is 8.66. The van der Waals surface area contributed by atoms with Gasteiger partial charge < -0.3 is 14.5 Å². The normalized spacial score (nSPS) is 21.9. The van der Waals surface area contributed by atoms with Gasteiger partial charge in [-0.05, 0) is 30.9 Å². The molecule has 1 atom stereocenters. The Morgan fingerprint density at radius 1 is 1.04 bits per heavy atom. The summed E-state index contributed by atoms with van der Waals surface area (Å²) in [7, 11) is 0. The standard InChI is InChI=1S/C19H24N2O3/c22-18(10-9-16-6-2-1-3-7-16)21-11-5-4-8-17(21)19(23)20-12-14-24-15-13-20/h1-3,6-7,9-10,17H,4-5,8,11-15H2/b10-9-/t17-/m1/s1. The summed E-state index contributed by atoms with van der Waals surface area (Å²) in [6.07, 6.45) is 6.10. The molecule has 2 fully saturated rings. The first kappa shape index (κ1) is 16.7. The van der Waals surface area contributed by atoms with Gasteiger partial charge in [0.1, 0.15) is 6.04 Å². The van der Waals surface area contributed by atoms with Crippen LogP contribution < -0.4 is 0 Å². The van der Waals surface area contributed by atoms with Crippen molar-refractivity contribution >= 4 is 17.9 Å². The maximum atomic E-state index is 12.8. The lowest BCUT2D eigenvalue weighted by Gasteiger charge is -2.38. The lowest BCUT2D eigenvalue weighted by molar-refractivity contribution is -0.148. The van der Waals surface area contributed by atoms with E-state index >= 15 is 0 Å². The molecule has 0 aliphatic carbocycles. The van der Waals surface area contributed by atoms with Gasteiger partial charge in [0.2, 0.25) is 11.8 Å². The number of amides is 2. The monoisotopic (exact) mass is 328 g/mol. The summed E-state index contributed by atoms with van der Waals surface area (Å²) in [6.45, 7) is 3.06. The molecule has 5 heteroatoms. The third kappa shape index (κ3) is 4.03. The Bertz CT molecular complexity index is 594. The van der Waals surface area contributed by atoms with Crippen LogP contribution in [-0.4, -0.2) is 60.5 Å². The molecular weight excluding hydrogens is 304 g/mol. The minimum absolute atomic E-state index is 0.0689. The van der Waals surface area contributed by atoms with Crippen LogP contribution in [0.4, 0.5) is 0 Å². The van der Waals surface area contributed by atoms with Crippen LogP contribution in [0.5, 0.6) is 0 Å². The second kappa shape index (κ2) is 8.11. The largest absolute Gasteiger partial charge is 0.378 e. The summed E-state index contributed by atoms with van der Waals surface area (Å²) >= 11 is 0. The van der Waals surface area contributed by atoms with E-state index in [9.17, 15) is 9.59 Å². The van der Waals surface area contributed by atoms with E-state index in [2.05, 4.69) is 0 Å². The molecule has 0 aromatic heterocycles. The number of likely N-dealkylation sites (tertiary alicyclic amines) is 1. The number of benzene rings is 1. The van der Waals surface area contributed by atoms with Crippen LogP contribution in [0.25, 0.3) is 6.08 Å². The van der Waals surface area contributed by atoms with E-state index < -0.39 is 0 Å². The number of morpholine rings is 1. The van der Waals surface area contributed by atoms with Gasteiger partial charge in [-0.15, -0.1) is 0 Å². The Kier molecular flexibility index (Phi) is 5.64. The molecule has 0 bridgehead atoms. The quantitative estimate of drug-likeness (QED) is 0.797. The first-order valence-electron chi connectivity index (χ1n) is 8.66. The average molecular weight is 328 g/mol. The highest BCUT2D eigenvalue weighted by molar-refractivity contribution is 5.95. The molecule has 0 saturated carbocycles. The Balaban J connectivity index is 1.68. The highest BCUT2D eigenvalue weighted by atomic mass is 16.5. The number of ether oxygens (including phenoxy) is 1. The maximum absolute atomic E-state index is 12.8. The molecule has 0 N–H and O–H groups in total. The molecule has 24 heavy (non-hydrogen) atoms. The van der Waals surface area contributed by atoms with Crippen LogP contribution >= 0.6 is 0 Å². The molecule has 2 aliphatic heterocycles. The van der Waals surface area contributed by atoms with Crippen molar-refractivity contribution in [1.82, 2.24) is 9.80 Å². The molecule has 2 heterocycles. The van der Waals surface area contributed by atoms with Crippen LogP contribution in [0, 0.1) is 0 Å². The van der Waals surface area contributed by atoms with Gasteiger partial charge in [0.05, 0.1) is 13.2 Å². The van der Waals surface area contributed by atoms with Gasteiger partial charge in [0.15, 0.2) is 0 Å². The van der Waals surface area contributed by atoms with Gasteiger partial charge >= 0.3 is 0 Å². The van der Waals surface area contributed by atoms with E-state index in [4.69, 9.17) is 4.74 Å². The van der Waals surface area contributed by atoms with Crippen molar-refractivity contribution < 1.29 is 14.3 Å². The fourth-order valence-corrected chi connectivity index (χ4v) is 3.27. The molecule has 128 valence electrons. The Hall–Kier alpha value is -2.14. The molecule has 3 rings (SSSR count). The number of rotatable bonds is 3. The van der Waals surface area contributed by atoms with Crippen LogP contribution in [0.2, 0.25) is 0 Å². The van der Waals surface area contributed by atoms with Crippen LogP contribution in [0.3, 0.4) is 0 Å². The fraction of sp³-hybridized carbons (Fsp3) is 0.474. The van der Waals surface area contributed by atoms with Crippen LogP contribution in [-0.2, 0) is 14.3 Å². The molecule has 2 saturated heterocycles. The Morgan fingerprint density at radius 2 is 1.79 bits per heavy atom. The third-order valence-corrected chi connectivity index (χ3v) is 4.61. The molecule has 2 aliphatic rings. The topological polar surface area (TPSA) is 49.9 Å². The lowest BCUT2D eigenvalue weighted by Crippen LogP contribution is -2.54. The zero-order valence-electron chi connectivity index (χ0n) is 13.9. The van der Waals surface area contributed by atoms with Crippen molar-refractivity contribution in [3.05, 3.63) is 42.0 Å². The lowest BCUT2D eigenvalue weighted by atomic mass is 10.00. The van der Waals surface area contributed by atoms with Crippen LogP contribution in [0.1, 0.15) is 24.8 Å². The van der Waals surface area contributed by atoms with E-state index in [1.807, 2.05) is 41.3 Å². The van der Waals surface area contributed by atoms with Crippen molar-refractivity contribution in [2.75, 3.05) is 32.8 Å². The fourth-order valence-electron chi connectivity index (χ4n) is 3.27. The summed E-state index contributed by atoms with van der Waals surface area (Å²) in [5.74, 6) is -0.00961. The summed E-state index contributed by atoms with van der Waals surface area (Å²) < 4.78 is 5.31. The van der Waals surface area contributed by atoms with Gasteiger partial charge in [-0.25, -0.2) is 0 Å². The second-order valence-corrected chi connectivity index (χ2v) is 6.22. The number of carbonyl (C=O) groups is 2. The molecule has 5 nitrogen and oxygen atoms in total. The smallest absolute Gasteiger partial charge is 0.247 e. The minimum Gasteiger partial charge on any atom is -0.378 e. The van der Waals surface area contributed by atoms with E-state index in [0.717, 1.165) is 24.8 Å². The number of piperidine rings is 1. The zero-order valence-corrected chi connectivity index (χ0v) is 13.9. The van der Waals surface area contributed by atoms with Crippen molar-refractivity contribution in [1.29, 1.82) is 0 Å². The predicted molar refractivity (Wildman–Crippen MR) is 92.2 cm³/mol. The van der Waals surface area contributed by atoms with E-state index in [1.165, 1.54) is 0 Å². The molecule has 0 radical (unpaired) electrons. The van der Waals surface area contributed by atoms with E-state index in [-0.39, 0.29) is 17.9 Å². The SMILES string of the molecule is O=C([C@H]1CCCCN1C(=O)/C=C\c1ccccc1)N1CCOCC1. The van der Waals surface area contributed by atoms with Crippen molar-refractivity contribution in [2.45, 2.75) is 25.3 Å². The van der Waals surface area contributed by atoms with Gasteiger partial charge in [-0.2, -0.15) is 0 Å². The first-order chi connectivity index (χ1) is 11.8. The zero-order chi connectivity index (χ0) is 16.8. The molecule has 1 aromatic rings. The average Bonchev–Trinajstić information content (AvgIpc) is 2.67. The summed E-state index contributed by atoms with van der Waals surface area (Å²) in [6, 6.07) is 9.41. The summed E-state index contributed by atoms with van der Waals surface area (Å²) in [5.41, 5.74) is 0.985. The van der Waals surface area contributed by atoms with Crippen molar-refractivity contribution in [2.24, 2.45) is 0 Å². The van der Waals surface area contributed by atoms with Gasteiger partial charge in [0, 0.05) is 25.7 Å². The highest BCUT2D eigenvalue weighted by Crippen LogP contribution is 2.20. The third-order valence-electron chi connectivity index (χ3n) is 4.61.